The van der Waals surface area contributed by atoms with Gasteiger partial charge in [-0.05, 0) is 41.8 Å². The van der Waals surface area contributed by atoms with Crippen LogP contribution in [0.4, 0.5) is 4.79 Å². The van der Waals surface area contributed by atoms with Gasteiger partial charge in [0.05, 0.1) is 17.9 Å². The Labute approximate surface area is 154 Å². The van der Waals surface area contributed by atoms with Gasteiger partial charge in [0.15, 0.2) is 0 Å². The Balaban J connectivity index is 1.53. The average Bonchev–Trinajstić information content (AvgIpc) is 2.98. The van der Waals surface area contributed by atoms with E-state index in [1.807, 2.05) is 24.3 Å². The fraction of sp³-hybridized carbons (Fsp3) is 0.211. The van der Waals surface area contributed by atoms with Crippen LogP contribution in [0, 0.1) is 0 Å². The van der Waals surface area contributed by atoms with Gasteiger partial charge in [-0.2, -0.15) is 0 Å². The molecule has 0 aromatic heterocycles. The number of hydrogen-bond acceptors (Lipinski definition) is 6. The molecule has 134 valence electrons. The molecule has 1 N–H and O–H groups in total. The monoisotopic (exact) mass is 371 g/mol. The van der Waals surface area contributed by atoms with E-state index in [9.17, 15) is 14.4 Å². The van der Waals surface area contributed by atoms with E-state index in [1.165, 1.54) is 0 Å². The Bertz CT molecular complexity index is 817. The van der Waals surface area contributed by atoms with Crippen molar-refractivity contribution in [1.29, 1.82) is 0 Å². The molecule has 0 bridgehead atoms. The van der Waals surface area contributed by atoms with E-state index < -0.39 is 5.97 Å². The minimum Gasteiger partial charge on any atom is -0.497 e. The molecule has 6 nitrogen and oxygen atoms in total. The topological polar surface area (TPSA) is 81.7 Å². The zero-order chi connectivity index (χ0) is 18.5. The predicted molar refractivity (Wildman–Crippen MR) is 97.2 cm³/mol. The van der Waals surface area contributed by atoms with Crippen molar-refractivity contribution in [2.24, 2.45) is 0 Å². The van der Waals surface area contributed by atoms with E-state index in [1.54, 1.807) is 31.4 Å². The third-order valence-electron chi connectivity index (χ3n) is 3.91. The van der Waals surface area contributed by atoms with Crippen molar-refractivity contribution >= 4 is 28.9 Å². The third-order valence-corrected chi connectivity index (χ3v) is 4.89. The summed E-state index contributed by atoms with van der Waals surface area (Å²) in [5.74, 6) is 0.0136. The number of amides is 2. The number of hydrogen-bond donors (Lipinski definition) is 1. The Morgan fingerprint density at radius 3 is 2.27 bits per heavy atom. The molecular weight excluding hydrogens is 354 g/mol. The summed E-state index contributed by atoms with van der Waals surface area (Å²) < 4.78 is 10.4. The first-order valence-corrected chi connectivity index (χ1v) is 8.83. The largest absolute Gasteiger partial charge is 0.497 e. The van der Waals surface area contributed by atoms with Crippen LogP contribution in [0.15, 0.2) is 48.5 Å². The molecule has 2 aromatic rings. The molecule has 1 atom stereocenters. The quantitative estimate of drug-likeness (QED) is 0.787. The number of thioether (sulfide) groups is 1. The second-order valence-electron chi connectivity index (χ2n) is 5.71. The zero-order valence-corrected chi connectivity index (χ0v) is 14.9. The van der Waals surface area contributed by atoms with Crippen molar-refractivity contribution in [3.63, 3.8) is 0 Å². The second kappa shape index (κ2) is 8.05. The number of benzene rings is 2. The highest BCUT2D eigenvalue weighted by Crippen LogP contribution is 2.23. The fourth-order valence-corrected chi connectivity index (χ4v) is 3.33. The summed E-state index contributed by atoms with van der Waals surface area (Å²) in [4.78, 5) is 34.8. The highest BCUT2D eigenvalue weighted by atomic mass is 32.2. The van der Waals surface area contributed by atoms with Crippen LogP contribution in [0.5, 0.6) is 5.75 Å². The molecule has 1 fully saturated rings. The molecule has 1 aliphatic heterocycles. The molecule has 0 aliphatic carbocycles. The minimum atomic E-state index is -0.408. The molecule has 1 aliphatic rings. The van der Waals surface area contributed by atoms with Gasteiger partial charge in [0.25, 0.3) is 5.24 Å². The van der Waals surface area contributed by atoms with Crippen LogP contribution in [0.1, 0.15) is 21.5 Å². The zero-order valence-electron chi connectivity index (χ0n) is 14.1. The normalized spacial score (nSPS) is 16.3. The lowest BCUT2D eigenvalue weighted by atomic mass is 10.1. The first-order chi connectivity index (χ1) is 12.5. The summed E-state index contributed by atoms with van der Waals surface area (Å²) >= 11 is 1.01. The summed E-state index contributed by atoms with van der Waals surface area (Å²) in [6, 6.07) is 14.1. The van der Waals surface area contributed by atoms with E-state index in [2.05, 4.69) is 5.32 Å². The highest BCUT2D eigenvalue weighted by Gasteiger charge is 2.31. The van der Waals surface area contributed by atoms with Gasteiger partial charge in [-0.15, -0.1) is 0 Å². The summed E-state index contributed by atoms with van der Waals surface area (Å²) in [5.41, 5.74) is 2.24. The van der Waals surface area contributed by atoms with Crippen LogP contribution >= 0.6 is 11.8 Å². The molecule has 0 spiro atoms. The van der Waals surface area contributed by atoms with Crippen molar-refractivity contribution in [3.05, 3.63) is 65.2 Å². The van der Waals surface area contributed by atoms with Gasteiger partial charge in [-0.25, -0.2) is 4.79 Å². The van der Waals surface area contributed by atoms with Crippen molar-refractivity contribution in [3.8, 4) is 5.75 Å². The van der Waals surface area contributed by atoms with E-state index in [-0.39, 0.29) is 23.0 Å². The predicted octanol–water partition coefficient (Wildman–Crippen LogP) is 2.95. The number of methoxy groups -OCH3 is 1. The molecule has 7 heteroatoms. The number of esters is 1. The van der Waals surface area contributed by atoms with Crippen LogP contribution in [0.25, 0.3) is 0 Å². The molecule has 0 saturated carbocycles. The van der Waals surface area contributed by atoms with E-state index in [0.29, 0.717) is 17.7 Å². The third kappa shape index (κ3) is 4.43. The van der Waals surface area contributed by atoms with Gasteiger partial charge in [-0.3, -0.25) is 14.9 Å². The van der Waals surface area contributed by atoms with Crippen LogP contribution in [0.2, 0.25) is 0 Å². The van der Waals surface area contributed by atoms with Gasteiger partial charge < -0.3 is 9.47 Å². The Kier molecular flexibility index (Phi) is 5.58. The van der Waals surface area contributed by atoms with Crippen LogP contribution in [-0.4, -0.2) is 29.5 Å². The summed E-state index contributed by atoms with van der Waals surface area (Å²) in [6.07, 6.45) is 0.480. The molecule has 2 amide bonds. The summed E-state index contributed by atoms with van der Waals surface area (Å²) in [5, 5.41) is 1.58. The number of carbonyl (C=O) groups is 3. The van der Waals surface area contributed by atoms with Crippen LogP contribution in [0.3, 0.4) is 0 Å². The van der Waals surface area contributed by atoms with Gasteiger partial charge in [0.1, 0.15) is 12.4 Å². The van der Waals surface area contributed by atoms with Crippen LogP contribution < -0.4 is 10.1 Å². The molecule has 26 heavy (non-hydrogen) atoms. The maximum Gasteiger partial charge on any atom is 0.338 e. The van der Waals surface area contributed by atoms with Crippen molar-refractivity contribution in [2.75, 3.05) is 7.11 Å². The summed E-state index contributed by atoms with van der Waals surface area (Å²) in [6.45, 7) is 0.155. The first-order valence-electron chi connectivity index (χ1n) is 7.95. The van der Waals surface area contributed by atoms with Crippen molar-refractivity contribution in [1.82, 2.24) is 5.32 Å². The minimum absolute atomic E-state index is 0.155. The van der Waals surface area contributed by atoms with E-state index in [0.717, 1.165) is 22.9 Å². The molecular formula is C19H17NO5S. The lowest BCUT2D eigenvalue weighted by molar-refractivity contribution is -0.118. The molecule has 1 unspecified atom stereocenters. The maximum atomic E-state index is 12.0. The number of carbonyl (C=O) groups excluding carboxylic acids is 3. The number of ether oxygens (including phenoxy) is 2. The lowest BCUT2D eigenvalue weighted by Gasteiger charge is -2.08. The average molecular weight is 371 g/mol. The molecule has 3 rings (SSSR count). The Morgan fingerprint density at radius 2 is 1.69 bits per heavy atom. The number of imide groups is 1. The molecule has 1 saturated heterocycles. The SMILES string of the molecule is COc1ccc(C(=O)OCc2ccc(CC3SC(=O)NC3=O)cc2)cc1. The van der Waals surface area contributed by atoms with Gasteiger partial charge in [0, 0.05) is 0 Å². The lowest BCUT2D eigenvalue weighted by Crippen LogP contribution is -2.25. The smallest absolute Gasteiger partial charge is 0.338 e. The summed E-state index contributed by atoms with van der Waals surface area (Å²) in [7, 11) is 1.56. The second-order valence-corrected chi connectivity index (χ2v) is 6.88. The number of rotatable bonds is 6. The maximum absolute atomic E-state index is 12.0. The fourth-order valence-electron chi connectivity index (χ4n) is 2.47. The van der Waals surface area contributed by atoms with Gasteiger partial charge in [-0.1, -0.05) is 36.0 Å². The molecule has 0 radical (unpaired) electrons. The van der Waals surface area contributed by atoms with Gasteiger partial charge in [0.2, 0.25) is 5.91 Å². The van der Waals surface area contributed by atoms with E-state index in [4.69, 9.17) is 9.47 Å². The van der Waals surface area contributed by atoms with Gasteiger partial charge >= 0.3 is 5.97 Å². The Morgan fingerprint density at radius 1 is 1.04 bits per heavy atom. The molecule has 2 aromatic carbocycles. The van der Waals surface area contributed by atoms with Crippen molar-refractivity contribution in [2.45, 2.75) is 18.3 Å². The highest BCUT2D eigenvalue weighted by molar-refractivity contribution is 8.15. The van der Waals surface area contributed by atoms with Crippen LogP contribution in [-0.2, 0) is 22.6 Å². The van der Waals surface area contributed by atoms with Crippen molar-refractivity contribution < 1.29 is 23.9 Å². The Hall–Kier alpha value is -2.80. The first kappa shape index (κ1) is 18.0. The van der Waals surface area contributed by atoms with E-state index >= 15 is 0 Å². The number of nitrogens with one attached hydrogen (secondary N) is 1. The standard InChI is InChI=1S/C19H17NO5S/c1-24-15-8-6-14(7-9-15)18(22)25-11-13-4-2-12(3-5-13)10-16-17(21)20-19(23)26-16/h2-9,16H,10-11H2,1H3,(H,20,21,23). The molecule has 1 heterocycles.